The van der Waals surface area contributed by atoms with Crippen LogP contribution in [0.25, 0.3) is 11.0 Å². The highest BCUT2D eigenvalue weighted by atomic mass is 79.9. The molecule has 0 radical (unpaired) electrons. The number of hydrogen-bond acceptors (Lipinski definition) is 5. The van der Waals surface area contributed by atoms with E-state index in [0.717, 1.165) is 28.8 Å². The summed E-state index contributed by atoms with van der Waals surface area (Å²) in [5.41, 5.74) is 3.12. The van der Waals surface area contributed by atoms with Crippen LogP contribution >= 0.6 is 15.9 Å². The molecule has 26 heavy (non-hydrogen) atoms. The fourth-order valence-corrected chi connectivity index (χ4v) is 3.41. The fraction of sp³-hybridized carbons (Fsp3) is 0.263. The van der Waals surface area contributed by atoms with Crippen molar-refractivity contribution in [1.29, 1.82) is 0 Å². The highest BCUT2D eigenvalue weighted by Gasteiger charge is 2.14. The number of carbonyl (C=O) groups excluding carboxylic acids is 1. The first-order chi connectivity index (χ1) is 12.7. The summed E-state index contributed by atoms with van der Waals surface area (Å²) in [5, 5.41) is 4.81. The molecule has 4 rings (SSSR count). The Morgan fingerprint density at radius 2 is 1.96 bits per heavy atom. The van der Waals surface area contributed by atoms with Crippen molar-refractivity contribution < 1.29 is 13.6 Å². The summed E-state index contributed by atoms with van der Waals surface area (Å²) in [6, 6.07) is 11.0. The number of hydrogen-bond donors (Lipinski definition) is 1. The summed E-state index contributed by atoms with van der Waals surface area (Å²) in [7, 11) is 0. The van der Waals surface area contributed by atoms with Crippen molar-refractivity contribution in [2.24, 2.45) is 5.10 Å². The maximum absolute atomic E-state index is 12.2. The van der Waals surface area contributed by atoms with Crippen LogP contribution in [0.5, 0.6) is 0 Å². The average Bonchev–Trinajstić information content (AvgIpc) is 3.29. The third kappa shape index (κ3) is 3.67. The number of anilines is 1. The van der Waals surface area contributed by atoms with Crippen LogP contribution in [0.4, 0.5) is 5.88 Å². The van der Waals surface area contributed by atoms with E-state index >= 15 is 0 Å². The van der Waals surface area contributed by atoms with Crippen LogP contribution in [0, 0.1) is 0 Å². The van der Waals surface area contributed by atoms with Gasteiger partial charge in [-0.05, 0) is 49.6 Å². The molecule has 0 spiro atoms. The van der Waals surface area contributed by atoms with Crippen molar-refractivity contribution in [3.63, 3.8) is 0 Å². The zero-order valence-corrected chi connectivity index (χ0v) is 15.7. The fourth-order valence-electron chi connectivity index (χ4n) is 3.03. The number of carbonyl (C=O) groups is 1. The zero-order chi connectivity index (χ0) is 17.9. The lowest BCUT2D eigenvalue weighted by Gasteiger charge is -2.25. The van der Waals surface area contributed by atoms with Crippen LogP contribution < -0.4 is 10.3 Å². The van der Waals surface area contributed by atoms with Crippen molar-refractivity contribution in [3.8, 4) is 0 Å². The molecule has 7 heteroatoms. The number of hydrazone groups is 1. The molecule has 134 valence electrons. The van der Waals surface area contributed by atoms with Crippen LogP contribution in [-0.2, 0) is 0 Å². The first-order valence-corrected chi connectivity index (χ1v) is 9.36. The van der Waals surface area contributed by atoms with E-state index in [4.69, 9.17) is 8.83 Å². The molecule has 1 aromatic carbocycles. The molecular formula is C19H18BrN3O3. The summed E-state index contributed by atoms with van der Waals surface area (Å²) in [6.45, 7) is 2.03. The zero-order valence-electron chi connectivity index (χ0n) is 14.1. The molecule has 0 saturated carbocycles. The van der Waals surface area contributed by atoms with Crippen molar-refractivity contribution in [2.75, 3.05) is 18.0 Å². The third-order valence-electron chi connectivity index (χ3n) is 4.34. The number of furan rings is 2. The van der Waals surface area contributed by atoms with Gasteiger partial charge in [-0.3, -0.25) is 4.79 Å². The molecular weight excluding hydrogens is 398 g/mol. The molecule has 0 bridgehead atoms. The van der Waals surface area contributed by atoms with Gasteiger partial charge in [0.2, 0.25) is 0 Å². The number of nitrogens with zero attached hydrogens (tertiary/aromatic N) is 2. The van der Waals surface area contributed by atoms with Crippen molar-refractivity contribution in [2.45, 2.75) is 19.3 Å². The topological polar surface area (TPSA) is 71.0 Å². The predicted octanol–water partition coefficient (Wildman–Crippen LogP) is 4.54. The number of fused-ring (bicyclic) bond motifs is 1. The molecule has 1 amide bonds. The summed E-state index contributed by atoms with van der Waals surface area (Å²) >= 11 is 3.40. The second-order valence-corrected chi connectivity index (χ2v) is 7.13. The highest BCUT2D eigenvalue weighted by Crippen LogP contribution is 2.23. The van der Waals surface area contributed by atoms with E-state index in [9.17, 15) is 4.79 Å². The lowest BCUT2D eigenvalue weighted by Crippen LogP contribution is -2.28. The number of halogens is 1. The van der Waals surface area contributed by atoms with Gasteiger partial charge >= 0.3 is 5.91 Å². The lowest BCUT2D eigenvalue weighted by molar-refractivity contribution is 0.0929. The second kappa shape index (κ2) is 7.37. The van der Waals surface area contributed by atoms with Gasteiger partial charge in [0.1, 0.15) is 11.3 Å². The molecule has 0 atom stereocenters. The SMILES string of the molecule is O=C(N/N=C\c1ccc(N2CCCCC2)o1)c1cc2cc(Br)ccc2o1. The first-order valence-electron chi connectivity index (χ1n) is 8.56. The molecule has 1 aliphatic rings. The Morgan fingerprint density at radius 3 is 2.81 bits per heavy atom. The maximum Gasteiger partial charge on any atom is 0.307 e. The monoisotopic (exact) mass is 415 g/mol. The summed E-state index contributed by atoms with van der Waals surface area (Å²) in [5.74, 6) is 1.25. The van der Waals surface area contributed by atoms with Crippen LogP contribution in [0.2, 0.25) is 0 Å². The number of benzene rings is 1. The van der Waals surface area contributed by atoms with E-state index in [1.54, 1.807) is 6.07 Å². The normalized spacial score (nSPS) is 15.0. The van der Waals surface area contributed by atoms with E-state index in [1.165, 1.54) is 25.5 Å². The minimum Gasteiger partial charge on any atom is -0.451 e. The number of amides is 1. The van der Waals surface area contributed by atoms with Gasteiger partial charge in [0.05, 0.1) is 6.21 Å². The largest absolute Gasteiger partial charge is 0.451 e. The Kier molecular flexibility index (Phi) is 4.79. The van der Waals surface area contributed by atoms with Crippen molar-refractivity contribution in [3.05, 3.63) is 52.4 Å². The Balaban J connectivity index is 1.39. The van der Waals surface area contributed by atoms with E-state index in [-0.39, 0.29) is 5.76 Å². The minimum atomic E-state index is -0.406. The van der Waals surface area contributed by atoms with E-state index in [0.29, 0.717) is 11.3 Å². The van der Waals surface area contributed by atoms with E-state index in [1.807, 2.05) is 30.3 Å². The van der Waals surface area contributed by atoms with Gasteiger partial charge in [-0.1, -0.05) is 15.9 Å². The lowest BCUT2D eigenvalue weighted by atomic mass is 10.1. The molecule has 2 aromatic heterocycles. The summed E-state index contributed by atoms with van der Waals surface area (Å²) in [6.07, 6.45) is 5.14. The minimum absolute atomic E-state index is 0.212. The molecule has 3 heterocycles. The van der Waals surface area contributed by atoms with Crippen molar-refractivity contribution >= 4 is 44.9 Å². The van der Waals surface area contributed by atoms with Crippen LogP contribution in [0.1, 0.15) is 35.6 Å². The quantitative estimate of drug-likeness (QED) is 0.501. The van der Waals surface area contributed by atoms with Gasteiger partial charge < -0.3 is 13.7 Å². The van der Waals surface area contributed by atoms with Gasteiger partial charge in [-0.2, -0.15) is 5.10 Å². The van der Waals surface area contributed by atoms with Gasteiger partial charge in [0.15, 0.2) is 11.6 Å². The summed E-state index contributed by atoms with van der Waals surface area (Å²) in [4.78, 5) is 14.4. The molecule has 0 unspecified atom stereocenters. The molecule has 0 aliphatic carbocycles. The number of piperidine rings is 1. The Morgan fingerprint density at radius 1 is 1.12 bits per heavy atom. The molecule has 1 saturated heterocycles. The molecule has 3 aromatic rings. The molecule has 1 fully saturated rings. The molecule has 1 aliphatic heterocycles. The second-order valence-electron chi connectivity index (χ2n) is 6.22. The van der Waals surface area contributed by atoms with Gasteiger partial charge in [-0.15, -0.1) is 0 Å². The van der Waals surface area contributed by atoms with E-state index in [2.05, 4.69) is 31.4 Å². The van der Waals surface area contributed by atoms with Crippen LogP contribution in [0.3, 0.4) is 0 Å². The van der Waals surface area contributed by atoms with Gasteiger partial charge in [0.25, 0.3) is 0 Å². The number of nitrogens with one attached hydrogen (secondary N) is 1. The van der Waals surface area contributed by atoms with Gasteiger partial charge in [-0.25, -0.2) is 5.43 Å². The first kappa shape index (κ1) is 16.9. The standard InChI is InChI=1S/C19H18BrN3O3/c20-14-4-6-16-13(10-14)11-17(26-16)19(24)22-21-12-15-5-7-18(25-15)23-8-2-1-3-9-23/h4-7,10-12H,1-3,8-9H2,(H,22,24)/b21-12-. The highest BCUT2D eigenvalue weighted by molar-refractivity contribution is 9.10. The Labute approximate surface area is 159 Å². The van der Waals surface area contributed by atoms with Crippen molar-refractivity contribution in [1.82, 2.24) is 5.43 Å². The molecule has 1 N–H and O–H groups in total. The molecule has 6 nitrogen and oxygen atoms in total. The third-order valence-corrected chi connectivity index (χ3v) is 4.83. The van der Waals surface area contributed by atoms with Gasteiger partial charge in [0, 0.05) is 29.0 Å². The Bertz CT molecular complexity index is 954. The van der Waals surface area contributed by atoms with E-state index < -0.39 is 5.91 Å². The number of rotatable bonds is 4. The van der Waals surface area contributed by atoms with Crippen LogP contribution in [0.15, 0.2) is 54.8 Å². The Hall–Kier alpha value is -2.54. The smallest absolute Gasteiger partial charge is 0.307 e. The maximum atomic E-state index is 12.2. The van der Waals surface area contributed by atoms with Crippen LogP contribution in [-0.4, -0.2) is 25.2 Å². The predicted molar refractivity (Wildman–Crippen MR) is 104 cm³/mol. The summed E-state index contributed by atoms with van der Waals surface area (Å²) < 4.78 is 12.2. The average molecular weight is 416 g/mol.